The molecule has 1 aliphatic rings. The number of halogens is 4. The highest BCUT2D eigenvalue weighted by Gasteiger charge is 2.61. The summed E-state index contributed by atoms with van der Waals surface area (Å²) in [5.41, 5.74) is -1.66. The van der Waals surface area contributed by atoms with Crippen LogP contribution >= 0.6 is 23.2 Å². The van der Waals surface area contributed by atoms with Gasteiger partial charge in [-0.15, -0.1) is 0 Å². The normalized spacial score (nSPS) is 18.7. The SMILES string of the molecule is COc1cc(C(=O)OCOC(=O)NCC(=O)OCc2ccccc2)ccc1NC(=O)C1NC(CC(C)(C)C)C(C#N)(c2ccc(Cl)cc2F)C1c1cccc(Cl)c1F. The molecule has 4 aromatic rings. The summed E-state index contributed by atoms with van der Waals surface area (Å²) in [4.78, 5) is 51.2. The number of nitrogens with one attached hydrogen (secondary N) is 3. The third-order valence-electron chi connectivity index (χ3n) is 9.43. The average Bonchev–Trinajstić information content (AvgIpc) is 3.50. The van der Waals surface area contributed by atoms with E-state index >= 15 is 8.78 Å². The first-order chi connectivity index (χ1) is 27.6. The summed E-state index contributed by atoms with van der Waals surface area (Å²) in [6.07, 6.45) is -0.779. The number of carbonyl (C=O) groups excluding carboxylic acids is 4. The first-order valence-corrected chi connectivity index (χ1v) is 18.7. The quantitative estimate of drug-likeness (QED) is 0.0893. The minimum atomic E-state index is -1.85. The van der Waals surface area contributed by atoms with Gasteiger partial charge >= 0.3 is 18.0 Å². The Morgan fingerprint density at radius 2 is 1.67 bits per heavy atom. The van der Waals surface area contributed by atoms with E-state index in [4.69, 9.17) is 42.1 Å². The van der Waals surface area contributed by atoms with Gasteiger partial charge in [0.25, 0.3) is 0 Å². The smallest absolute Gasteiger partial charge is 0.410 e. The van der Waals surface area contributed by atoms with Gasteiger partial charge in [0.2, 0.25) is 12.7 Å². The molecule has 0 spiro atoms. The van der Waals surface area contributed by atoms with Crippen molar-refractivity contribution < 1.29 is 46.9 Å². The van der Waals surface area contributed by atoms with Gasteiger partial charge in [0.15, 0.2) is 0 Å². The highest BCUT2D eigenvalue weighted by atomic mass is 35.5. The molecule has 1 fully saturated rings. The molecule has 0 bridgehead atoms. The maximum Gasteiger partial charge on any atom is 0.410 e. The fourth-order valence-corrected chi connectivity index (χ4v) is 7.23. The Kier molecular flexibility index (Phi) is 14.0. The summed E-state index contributed by atoms with van der Waals surface area (Å²) in [7, 11) is 1.29. The summed E-state index contributed by atoms with van der Waals surface area (Å²) in [6, 6.07) is 21.0. The molecule has 4 unspecified atom stereocenters. The molecule has 2 amide bonds. The Bertz CT molecular complexity index is 2220. The van der Waals surface area contributed by atoms with E-state index in [0.29, 0.717) is 0 Å². The zero-order chi connectivity index (χ0) is 42.2. The third kappa shape index (κ3) is 10.0. The molecule has 0 radical (unpaired) electrons. The summed E-state index contributed by atoms with van der Waals surface area (Å²) in [5, 5.41) is 19.1. The molecular formula is C42H40Cl2F2N4O8. The Morgan fingerprint density at radius 1 is 0.931 bits per heavy atom. The summed E-state index contributed by atoms with van der Waals surface area (Å²) >= 11 is 12.3. The number of rotatable bonds is 13. The zero-order valence-corrected chi connectivity index (χ0v) is 33.4. The van der Waals surface area contributed by atoms with Crippen LogP contribution in [0, 0.1) is 28.4 Å². The molecule has 1 aliphatic heterocycles. The number of ether oxygens (including phenoxy) is 4. The summed E-state index contributed by atoms with van der Waals surface area (Å²) < 4.78 is 52.4. The average molecular weight is 838 g/mol. The molecule has 16 heteroatoms. The number of hydrogen-bond donors (Lipinski definition) is 3. The predicted octanol–water partition coefficient (Wildman–Crippen LogP) is 7.82. The molecule has 304 valence electrons. The van der Waals surface area contributed by atoms with Crippen molar-refractivity contribution in [2.75, 3.05) is 25.8 Å². The molecule has 0 aliphatic carbocycles. The predicted molar refractivity (Wildman–Crippen MR) is 210 cm³/mol. The summed E-state index contributed by atoms with van der Waals surface area (Å²) in [5.74, 6) is -5.35. The van der Waals surface area contributed by atoms with Crippen LogP contribution in [0.3, 0.4) is 0 Å². The third-order valence-corrected chi connectivity index (χ3v) is 9.95. The minimum Gasteiger partial charge on any atom is -0.495 e. The highest BCUT2D eigenvalue weighted by Crippen LogP contribution is 2.53. The van der Waals surface area contributed by atoms with E-state index in [1.54, 1.807) is 24.3 Å². The lowest BCUT2D eigenvalue weighted by Gasteiger charge is -2.37. The first kappa shape index (κ1) is 43.4. The Hall–Kier alpha value is -5.75. The van der Waals surface area contributed by atoms with Crippen molar-refractivity contribution in [1.82, 2.24) is 10.6 Å². The van der Waals surface area contributed by atoms with Crippen LogP contribution in [0.4, 0.5) is 19.3 Å². The second-order valence-corrected chi connectivity index (χ2v) is 15.4. The lowest BCUT2D eigenvalue weighted by atomic mass is 9.62. The van der Waals surface area contributed by atoms with E-state index < -0.39 is 77.7 Å². The van der Waals surface area contributed by atoms with E-state index in [1.807, 2.05) is 26.8 Å². The fraction of sp³-hybridized carbons (Fsp3) is 0.310. The maximum atomic E-state index is 16.0. The molecule has 12 nitrogen and oxygen atoms in total. The van der Waals surface area contributed by atoms with E-state index in [9.17, 15) is 24.4 Å². The maximum absolute atomic E-state index is 16.0. The van der Waals surface area contributed by atoms with Gasteiger partial charge in [-0.3, -0.25) is 9.59 Å². The van der Waals surface area contributed by atoms with Gasteiger partial charge in [0, 0.05) is 22.5 Å². The zero-order valence-electron chi connectivity index (χ0n) is 31.9. The van der Waals surface area contributed by atoms with Crippen LogP contribution in [-0.2, 0) is 35.8 Å². The topological polar surface area (TPSA) is 165 Å². The van der Waals surface area contributed by atoms with E-state index in [1.165, 1.54) is 55.6 Å². The number of nitriles is 1. The number of hydrogen-bond acceptors (Lipinski definition) is 10. The number of benzene rings is 4. The monoisotopic (exact) mass is 836 g/mol. The molecule has 4 aromatic carbocycles. The van der Waals surface area contributed by atoms with Crippen LogP contribution in [0.5, 0.6) is 5.75 Å². The molecule has 58 heavy (non-hydrogen) atoms. The lowest BCUT2D eigenvalue weighted by molar-refractivity contribution is -0.143. The van der Waals surface area contributed by atoms with Gasteiger partial charge in [-0.25, -0.2) is 18.4 Å². The van der Waals surface area contributed by atoms with Gasteiger partial charge < -0.3 is 34.9 Å². The van der Waals surface area contributed by atoms with Crippen molar-refractivity contribution in [3.05, 3.63) is 129 Å². The molecule has 1 heterocycles. The van der Waals surface area contributed by atoms with Crippen molar-refractivity contribution in [2.45, 2.75) is 57.2 Å². The Labute approximate surface area is 343 Å². The lowest BCUT2D eigenvalue weighted by Crippen LogP contribution is -2.45. The van der Waals surface area contributed by atoms with Crippen LogP contribution in [-0.4, -0.2) is 56.5 Å². The number of nitrogens with zero attached hydrogens (tertiary/aromatic N) is 1. The summed E-state index contributed by atoms with van der Waals surface area (Å²) in [6.45, 7) is 4.49. The number of methoxy groups -OCH3 is 1. The van der Waals surface area contributed by atoms with Crippen molar-refractivity contribution in [3.8, 4) is 11.8 Å². The fourth-order valence-electron chi connectivity index (χ4n) is 6.89. The molecule has 0 aromatic heterocycles. The molecule has 5 rings (SSSR count). The van der Waals surface area contributed by atoms with Crippen molar-refractivity contribution in [2.24, 2.45) is 5.41 Å². The number of esters is 2. The van der Waals surface area contributed by atoms with Crippen LogP contribution in [0.1, 0.15) is 60.2 Å². The second kappa shape index (κ2) is 18.7. The first-order valence-electron chi connectivity index (χ1n) is 17.9. The number of alkyl carbamates (subject to hydrolysis) is 1. The van der Waals surface area contributed by atoms with Crippen molar-refractivity contribution in [3.63, 3.8) is 0 Å². The number of anilines is 1. The second-order valence-electron chi connectivity index (χ2n) is 14.6. The molecule has 1 saturated heterocycles. The van der Waals surface area contributed by atoms with Crippen molar-refractivity contribution in [1.29, 1.82) is 5.26 Å². The minimum absolute atomic E-state index is 0.0143. The molecular weight excluding hydrogens is 797 g/mol. The molecule has 4 atom stereocenters. The van der Waals surface area contributed by atoms with Crippen LogP contribution in [0.25, 0.3) is 0 Å². The largest absolute Gasteiger partial charge is 0.495 e. The number of carbonyl (C=O) groups is 4. The van der Waals surface area contributed by atoms with Crippen molar-refractivity contribution >= 4 is 52.8 Å². The van der Waals surface area contributed by atoms with Crippen LogP contribution < -0.4 is 20.7 Å². The van der Waals surface area contributed by atoms with Gasteiger partial charge in [-0.05, 0) is 59.4 Å². The van der Waals surface area contributed by atoms with Crippen LogP contribution in [0.15, 0.2) is 84.9 Å². The van der Waals surface area contributed by atoms with E-state index in [-0.39, 0.29) is 51.2 Å². The van der Waals surface area contributed by atoms with Gasteiger partial charge in [0.05, 0.1) is 35.5 Å². The van der Waals surface area contributed by atoms with Gasteiger partial charge in [-0.2, -0.15) is 5.26 Å². The van der Waals surface area contributed by atoms with Gasteiger partial charge in [-0.1, -0.05) is 92.5 Å². The standard InChI is InChI=1S/C42H40Cl2F2N4O8/c1-41(2,3)19-33-42(22-47,28-15-14-26(43)18-30(28)45)35(27-11-8-12-29(44)36(27)46)37(50-33)38(52)49-31-16-13-25(17-32(31)55-4)39(53)57-23-58-40(54)48-20-34(51)56-21-24-9-6-5-7-10-24/h5-18,33,35,37,50H,19-21,23H2,1-4H3,(H,48,54)(H,49,52). The Morgan fingerprint density at radius 3 is 2.34 bits per heavy atom. The Balaban J connectivity index is 1.33. The van der Waals surface area contributed by atoms with Gasteiger partial charge in [0.1, 0.15) is 36.0 Å². The molecule has 0 saturated carbocycles. The number of amides is 2. The van der Waals surface area contributed by atoms with E-state index in [0.717, 1.165) is 11.6 Å². The van der Waals surface area contributed by atoms with Crippen LogP contribution in [0.2, 0.25) is 10.0 Å². The highest BCUT2D eigenvalue weighted by molar-refractivity contribution is 6.31. The van der Waals surface area contributed by atoms with E-state index in [2.05, 4.69) is 22.0 Å². The molecule has 3 N–H and O–H groups in total.